The van der Waals surface area contributed by atoms with E-state index in [0.29, 0.717) is 0 Å². The minimum atomic E-state index is 1.11. The van der Waals surface area contributed by atoms with Crippen molar-refractivity contribution in [3.63, 3.8) is 0 Å². The molecule has 13 heavy (non-hydrogen) atoms. The Kier molecular flexibility index (Phi) is 9.43. The number of hydrogen-bond donors (Lipinski definition) is 1. The first-order valence-electron chi connectivity index (χ1n) is 6.24. The highest BCUT2D eigenvalue weighted by Gasteiger charge is 1.89. The van der Waals surface area contributed by atoms with Gasteiger partial charge in [-0.15, -0.1) is 0 Å². The first kappa shape index (κ1) is 10.6. The second-order valence-electron chi connectivity index (χ2n) is 3.67. The second-order valence-corrected chi connectivity index (χ2v) is 3.67. The molecule has 0 aromatic rings. The number of allylic oxidation sites excluding steroid dienone is 1. The fourth-order valence-corrected chi connectivity index (χ4v) is 1.48. The van der Waals surface area contributed by atoms with Crippen LogP contribution < -0.4 is 5.73 Å². The zero-order valence-corrected chi connectivity index (χ0v) is 9.02. The Labute approximate surface area is 84.9 Å². The molecule has 0 heterocycles. The summed E-state index contributed by atoms with van der Waals surface area (Å²) in [4.78, 5) is 0. The van der Waals surface area contributed by atoms with Gasteiger partial charge in [-0.3, -0.25) is 0 Å². The van der Waals surface area contributed by atoms with E-state index in [-0.39, 0.29) is 0 Å². The van der Waals surface area contributed by atoms with Crippen molar-refractivity contribution in [1.82, 2.24) is 0 Å². The summed E-state index contributed by atoms with van der Waals surface area (Å²) in [5.41, 5.74) is 2.26. The van der Waals surface area contributed by atoms with Gasteiger partial charge in [-0.05, 0) is 19.0 Å². The third-order valence-electron chi connectivity index (χ3n) is 2.34. The molecule has 1 heteroatoms. The summed E-state index contributed by atoms with van der Waals surface area (Å²) in [7, 11) is 0. The highest BCUT2D eigenvalue weighted by atomic mass is 14.5. The van der Waals surface area contributed by atoms with E-state index in [4.69, 9.17) is 1.41 Å². The minimum Gasteiger partial charge on any atom is -0.405 e. The molecule has 2 N–H and O–H groups in total. The fraction of sp³-hybridized carbons (Fsp3) is 0.833. The summed E-state index contributed by atoms with van der Waals surface area (Å²) in [6, 6.07) is 0. The van der Waals surface area contributed by atoms with Gasteiger partial charge in [0, 0.05) is 0 Å². The van der Waals surface area contributed by atoms with Gasteiger partial charge in [-0.2, -0.15) is 0 Å². The van der Waals surface area contributed by atoms with Gasteiger partial charge in [-0.25, -0.2) is 0 Å². The molecular weight excluding hydrogens is 158 g/mol. The van der Waals surface area contributed by atoms with Crippen LogP contribution in [0.25, 0.3) is 0 Å². The van der Waals surface area contributed by atoms with Gasteiger partial charge in [-0.1, -0.05) is 57.9 Å². The summed E-state index contributed by atoms with van der Waals surface area (Å²) in [6.07, 6.45) is 15.8. The van der Waals surface area contributed by atoms with Crippen LogP contribution in [0.4, 0.5) is 0 Å². The molecule has 0 amide bonds. The van der Waals surface area contributed by atoms with Crippen molar-refractivity contribution in [2.75, 3.05) is 0 Å². The molecule has 0 aliphatic carbocycles. The van der Waals surface area contributed by atoms with Crippen LogP contribution in [-0.4, -0.2) is 0 Å². The van der Waals surface area contributed by atoms with Gasteiger partial charge in [0.1, 0.15) is 0 Å². The zero-order valence-electron chi connectivity index (χ0n) is 10.0. The lowest BCUT2D eigenvalue weighted by molar-refractivity contribution is 0.577. The van der Waals surface area contributed by atoms with Crippen molar-refractivity contribution in [2.45, 2.75) is 64.7 Å². The number of rotatable bonds is 10. The molecule has 0 atom stereocenters. The van der Waals surface area contributed by atoms with E-state index >= 15 is 0 Å². The van der Waals surface area contributed by atoms with Crippen LogP contribution in [0.1, 0.15) is 64.7 Å². The summed E-state index contributed by atoms with van der Waals surface area (Å²) in [5.74, 6) is 0. The van der Waals surface area contributed by atoms with Crippen molar-refractivity contribution in [3.8, 4) is 0 Å². The maximum absolute atomic E-state index is 6.68. The number of nitrogens with two attached hydrogens (primary N) is 1. The molecule has 0 aromatic heterocycles. The smallest absolute Gasteiger partial charge is 0.156 e. The van der Waals surface area contributed by atoms with Gasteiger partial charge in [0.25, 0.3) is 0 Å². The maximum Gasteiger partial charge on any atom is 0.156 e. The standard InChI is InChI=1S/C12H25N/c1-2-3-4-5-6-7-8-9-10-11-12-13/h11-12H,2-10,13H2,1H3/i/hD. The molecule has 0 aliphatic heterocycles. The van der Waals surface area contributed by atoms with Crippen LogP contribution in [-0.2, 0) is 0 Å². The van der Waals surface area contributed by atoms with Crippen LogP contribution in [0.2, 0.25) is 1.41 Å². The van der Waals surface area contributed by atoms with Gasteiger partial charge in [0.15, 0.2) is 1.41 Å². The maximum atomic E-state index is 6.68. The van der Waals surface area contributed by atoms with Gasteiger partial charge >= 0.3 is 0 Å². The molecule has 0 aliphatic rings. The van der Waals surface area contributed by atoms with Crippen LogP contribution in [0.15, 0.2) is 12.3 Å². The summed E-state index contributed by atoms with van der Waals surface area (Å²) in [5, 5.41) is 0. The van der Waals surface area contributed by atoms with Crippen LogP contribution in [0.3, 0.4) is 0 Å². The number of unbranched alkanes of at least 4 members (excludes halogenated alkanes) is 8. The summed E-state index contributed by atoms with van der Waals surface area (Å²) >= 11 is 0. The molecule has 78 valence electrons. The quantitative estimate of drug-likeness (QED) is 0.510. The van der Waals surface area contributed by atoms with Gasteiger partial charge in [0.05, 0.1) is 0 Å². The molecule has 0 fully saturated rings. The van der Waals surface area contributed by atoms with Crippen molar-refractivity contribution >= 4 is 0 Å². The van der Waals surface area contributed by atoms with Crippen molar-refractivity contribution in [2.24, 2.45) is 5.73 Å². The van der Waals surface area contributed by atoms with Gasteiger partial charge in [0.2, 0.25) is 0 Å². The highest BCUT2D eigenvalue weighted by Crippen LogP contribution is 2.09. The summed E-state index contributed by atoms with van der Waals surface area (Å²) in [6.45, 7) is 2.26. The Morgan fingerprint density at radius 2 is 1.62 bits per heavy atom. The predicted molar refractivity (Wildman–Crippen MR) is 60.6 cm³/mol. The van der Waals surface area contributed by atoms with Crippen LogP contribution in [0, 0.1) is 0 Å². The normalized spacial score (nSPS) is 11.9. The lowest BCUT2D eigenvalue weighted by Gasteiger charge is -1.99. The van der Waals surface area contributed by atoms with E-state index < -0.39 is 0 Å². The molecule has 0 radical (unpaired) electrons. The zero-order chi connectivity index (χ0) is 10.5. The number of hydrogen-bond acceptors (Lipinski definition) is 1. The van der Waals surface area contributed by atoms with Crippen molar-refractivity contribution < 1.29 is 1.41 Å². The van der Waals surface area contributed by atoms with Crippen LogP contribution >= 0.6 is 0 Å². The molecule has 0 rings (SSSR count). The molecular formula is C12H25N. The Morgan fingerprint density at radius 1 is 1.00 bits per heavy atom. The SMILES string of the molecule is [2H]NC=CCCCCCCCCCC. The Hall–Kier alpha value is -0.460. The predicted octanol–water partition coefficient (Wildman–Crippen LogP) is 3.99. The molecule has 0 spiro atoms. The Morgan fingerprint density at radius 3 is 2.23 bits per heavy atom. The van der Waals surface area contributed by atoms with E-state index in [2.05, 4.69) is 12.7 Å². The average Bonchev–Trinajstić information content (AvgIpc) is 2.21. The van der Waals surface area contributed by atoms with E-state index in [0.717, 1.165) is 6.42 Å². The van der Waals surface area contributed by atoms with Crippen molar-refractivity contribution in [1.29, 1.82) is 0 Å². The molecule has 1 nitrogen and oxygen atoms in total. The molecule has 0 saturated heterocycles. The first-order valence-corrected chi connectivity index (χ1v) is 5.74. The lowest BCUT2D eigenvalue weighted by Crippen LogP contribution is -1.81. The largest absolute Gasteiger partial charge is 0.405 e. The Balaban J connectivity index is 2.88. The Bertz CT molecular complexity index is 123. The van der Waals surface area contributed by atoms with Crippen LogP contribution in [0.5, 0.6) is 0 Å². The third kappa shape index (κ3) is 11.5. The summed E-state index contributed by atoms with van der Waals surface area (Å²) < 4.78 is 6.68. The highest BCUT2D eigenvalue weighted by molar-refractivity contribution is 4.74. The first-order chi connectivity index (χ1) is 6.91. The molecule has 0 saturated carbocycles. The molecule has 0 bridgehead atoms. The van der Waals surface area contributed by atoms with E-state index in [1.54, 1.807) is 6.20 Å². The second kappa shape index (κ2) is 11.5. The van der Waals surface area contributed by atoms with Gasteiger partial charge < -0.3 is 5.73 Å². The monoisotopic (exact) mass is 184 g/mol. The average molecular weight is 184 g/mol. The van der Waals surface area contributed by atoms with E-state index in [1.807, 2.05) is 6.08 Å². The molecule has 0 aromatic carbocycles. The van der Waals surface area contributed by atoms with Crippen molar-refractivity contribution in [3.05, 3.63) is 12.3 Å². The topological polar surface area (TPSA) is 26.0 Å². The lowest BCUT2D eigenvalue weighted by atomic mass is 10.1. The molecule has 0 unspecified atom stereocenters. The third-order valence-corrected chi connectivity index (χ3v) is 2.34. The van der Waals surface area contributed by atoms with E-state index in [9.17, 15) is 0 Å². The van der Waals surface area contributed by atoms with E-state index in [1.165, 1.54) is 51.4 Å². The fourth-order valence-electron chi connectivity index (χ4n) is 1.48. The minimum absolute atomic E-state index is 1.11.